The first-order valence-corrected chi connectivity index (χ1v) is 8.09. The summed E-state index contributed by atoms with van der Waals surface area (Å²) >= 11 is 0. The van der Waals surface area contributed by atoms with Gasteiger partial charge in [0, 0.05) is 11.8 Å². The number of halogens is 3. The minimum atomic E-state index is -4.99. The normalized spacial score (nSPS) is 11.1. The number of rotatable bonds is 4. The van der Waals surface area contributed by atoms with Gasteiger partial charge in [-0.3, -0.25) is 14.9 Å². The lowest BCUT2D eigenvalue weighted by Gasteiger charge is -2.17. The van der Waals surface area contributed by atoms with Crippen molar-refractivity contribution in [2.75, 3.05) is 5.32 Å². The first-order chi connectivity index (χ1) is 13.3. The second-order valence-electron chi connectivity index (χ2n) is 5.82. The van der Waals surface area contributed by atoms with E-state index in [2.05, 4.69) is 5.32 Å². The highest BCUT2D eigenvalue weighted by Crippen LogP contribution is 2.44. The van der Waals surface area contributed by atoms with Crippen LogP contribution >= 0.6 is 0 Å². The molecule has 0 aliphatic carbocycles. The zero-order valence-corrected chi connectivity index (χ0v) is 14.2. The molecule has 3 rings (SSSR count). The van der Waals surface area contributed by atoms with E-state index in [1.54, 1.807) is 24.3 Å². The van der Waals surface area contributed by atoms with Crippen molar-refractivity contribution >= 4 is 17.3 Å². The van der Waals surface area contributed by atoms with E-state index in [0.29, 0.717) is 5.69 Å². The Balaban J connectivity index is 2.24. The standard InChI is InChI=1S/C20H13F3N2O3/c21-20(22,23)18-15(19(26)24-14-9-5-2-6-10-14)11-12-16(25(27)28)17(18)13-7-3-1-4-8-13/h1-12H,(H,24,26). The summed E-state index contributed by atoms with van der Waals surface area (Å²) < 4.78 is 41.8. The van der Waals surface area contributed by atoms with Crippen LogP contribution in [0.4, 0.5) is 24.5 Å². The van der Waals surface area contributed by atoms with Gasteiger partial charge in [-0.2, -0.15) is 13.2 Å². The third-order valence-electron chi connectivity index (χ3n) is 4.00. The van der Waals surface area contributed by atoms with E-state index in [4.69, 9.17) is 0 Å². The number of carbonyl (C=O) groups excluding carboxylic acids is 1. The molecule has 0 bridgehead atoms. The molecule has 0 unspecified atom stereocenters. The number of hydrogen-bond acceptors (Lipinski definition) is 3. The van der Waals surface area contributed by atoms with Crippen LogP contribution in [0.3, 0.4) is 0 Å². The highest BCUT2D eigenvalue weighted by molar-refractivity contribution is 6.07. The van der Waals surface area contributed by atoms with Gasteiger partial charge >= 0.3 is 6.18 Å². The number of nitrogens with zero attached hydrogens (tertiary/aromatic N) is 1. The van der Waals surface area contributed by atoms with Gasteiger partial charge in [-0.15, -0.1) is 0 Å². The van der Waals surface area contributed by atoms with E-state index >= 15 is 0 Å². The number of alkyl halides is 3. The van der Waals surface area contributed by atoms with Crippen molar-refractivity contribution in [3.8, 4) is 11.1 Å². The number of nitro groups is 1. The number of anilines is 1. The molecule has 0 aromatic heterocycles. The van der Waals surface area contributed by atoms with Crippen molar-refractivity contribution in [2.24, 2.45) is 0 Å². The molecule has 0 atom stereocenters. The van der Waals surface area contributed by atoms with E-state index in [-0.39, 0.29) is 5.56 Å². The lowest BCUT2D eigenvalue weighted by molar-refractivity contribution is -0.384. The number of amides is 1. The summed E-state index contributed by atoms with van der Waals surface area (Å²) in [7, 11) is 0. The van der Waals surface area contributed by atoms with Crippen LogP contribution in [-0.4, -0.2) is 10.8 Å². The molecule has 1 N–H and O–H groups in total. The number of nitro benzene ring substituents is 1. The monoisotopic (exact) mass is 386 g/mol. The second kappa shape index (κ2) is 7.51. The average Bonchev–Trinajstić information content (AvgIpc) is 2.67. The minimum Gasteiger partial charge on any atom is -0.322 e. The van der Waals surface area contributed by atoms with Crippen molar-refractivity contribution in [2.45, 2.75) is 6.18 Å². The minimum absolute atomic E-state index is 0.00381. The summed E-state index contributed by atoms with van der Waals surface area (Å²) in [5.74, 6) is -1.01. The van der Waals surface area contributed by atoms with Gasteiger partial charge in [0.15, 0.2) is 0 Å². The highest BCUT2D eigenvalue weighted by atomic mass is 19.4. The lowest BCUT2D eigenvalue weighted by Crippen LogP contribution is -2.20. The largest absolute Gasteiger partial charge is 0.418 e. The molecular formula is C20H13F3N2O3. The maximum Gasteiger partial charge on any atom is 0.418 e. The van der Waals surface area contributed by atoms with Crippen LogP contribution in [-0.2, 0) is 6.18 Å². The Morgan fingerprint density at radius 3 is 2.00 bits per heavy atom. The summed E-state index contributed by atoms with van der Waals surface area (Å²) in [6, 6.07) is 16.9. The summed E-state index contributed by atoms with van der Waals surface area (Å²) in [6.07, 6.45) is -4.99. The number of benzene rings is 3. The molecule has 3 aromatic carbocycles. The topological polar surface area (TPSA) is 72.2 Å². The Labute approximate surface area is 157 Å². The Kier molecular flexibility index (Phi) is 5.12. The first-order valence-electron chi connectivity index (χ1n) is 8.09. The molecule has 0 heterocycles. The zero-order valence-electron chi connectivity index (χ0n) is 14.2. The van der Waals surface area contributed by atoms with Gasteiger partial charge in [-0.1, -0.05) is 48.5 Å². The van der Waals surface area contributed by atoms with Crippen molar-refractivity contribution in [1.29, 1.82) is 0 Å². The van der Waals surface area contributed by atoms with Gasteiger partial charge < -0.3 is 5.32 Å². The molecule has 8 heteroatoms. The Bertz CT molecular complexity index is 1020. The highest BCUT2D eigenvalue weighted by Gasteiger charge is 2.41. The molecule has 0 fully saturated rings. The van der Waals surface area contributed by atoms with Crippen molar-refractivity contribution in [3.63, 3.8) is 0 Å². The zero-order chi connectivity index (χ0) is 20.3. The van der Waals surface area contributed by atoms with Gasteiger partial charge in [0.2, 0.25) is 0 Å². The molecule has 3 aromatic rings. The van der Waals surface area contributed by atoms with E-state index in [0.717, 1.165) is 12.1 Å². The lowest BCUT2D eigenvalue weighted by atomic mass is 9.92. The second-order valence-corrected chi connectivity index (χ2v) is 5.82. The average molecular weight is 386 g/mol. The van der Waals surface area contributed by atoms with Crippen LogP contribution in [0.25, 0.3) is 11.1 Å². The van der Waals surface area contributed by atoms with E-state index in [9.17, 15) is 28.1 Å². The number of nitrogens with one attached hydrogen (secondary N) is 1. The van der Waals surface area contributed by atoms with Gasteiger partial charge in [0.25, 0.3) is 11.6 Å². The van der Waals surface area contributed by atoms with Crippen LogP contribution in [0.15, 0.2) is 72.8 Å². The van der Waals surface area contributed by atoms with Crippen molar-refractivity contribution < 1.29 is 22.9 Å². The van der Waals surface area contributed by atoms with Crippen LogP contribution in [0.2, 0.25) is 0 Å². The van der Waals surface area contributed by atoms with Crippen LogP contribution < -0.4 is 5.32 Å². The Hall–Kier alpha value is -3.68. The third kappa shape index (κ3) is 3.85. The Morgan fingerprint density at radius 1 is 0.893 bits per heavy atom. The van der Waals surface area contributed by atoms with E-state index in [1.807, 2.05) is 0 Å². The van der Waals surface area contributed by atoms with Crippen molar-refractivity contribution in [3.05, 3.63) is 94.0 Å². The maximum atomic E-state index is 13.9. The predicted octanol–water partition coefficient (Wildman–Crippen LogP) is 5.53. The van der Waals surface area contributed by atoms with Gasteiger partial charge in [-0.25, -0.2) is 0 Å². The summed E-state index contributed by atoms with van der Waals surface area (Å²) in [5, 5.41) is 13.8. The predicted molar refractivity (Wildman–Crippen MR) is 97.9 cm³/mol. The quantitative estimate of drug-likeness (QED) is 0.473. The fraction of sp³-hybridized carbons (Fsp3) is 0.0500. The molecule has 0 radical (unpaired) electrons. The van der Waals surface area contributed by atoms with Crippen LogP contribution in [0.5, 0.6) is 0 Å². The Morgan fingerprint density at radius 2 is 1.46 bits per heavy atom. The molecule has 0 spiro atoms. The van der Waals surface area contributed by atoms with Gasteiger partial charge in [0.1, 0.15) is 0 Å². The summed E-state index contributed by atoms with van der Waals surface area (Å²) in [4.78, 5) is 23.1. The molecule has 0 saturated carbocycles. The third-order valence-corrected chi connectivity index (χ3v) is 4.00. The maximum absolute atomic E-state index is 13.9. The first kappa shape index (κ1) is 19.1. The molecule has 0 saturated heterocycles. The number of para-hydroxylation sites is 1. The molecule has 1 amide bonds. The molecule has 0 aliphatic heterocycles. The van der Waals surface area contributed by atoms with Gasteiger partial charge in [0.05, 0.1) is 21.6 Å². The number of hydrogen-bond donors (Lipinski definition) is 1. The fourth-order valence-corrected chi connectivity index (χ4v) is 2.84. The molecular weight excluding hydrogens is 373 g/mol. The molecule has 0 aliphatic rings. The van der Waals surface area contributed by atoms with E-state index < -0.39 is 39.4 Å². The summed E-state index contributed by atoms with van der Waals surface area (Å²) in [5.41, 5.74) is -3.10. The van der Waals surface area contributed by atoms with Crippen LogP contribution in [0, 0.1) is 10.1 Å². The smallest absolute Gasteiger partial charge is 0.322 e. The SMILES string of the molecule is O=C(Nc1ccccc1)c1ccc([N+](=O)[O-])c(-c2ccccc2)c1C(F)(F)F. The molecule has 142 valence electrons. The van der Waals surface area contributed by atoms with E-state index in [1.165, 1.54) is 36.4 Å². The van der Waals surface area contributed by atoms with Crippen molar-refractivity contribution in [1.82, 2.24) is 0 Å². The molecule has 5 nitrogen and oxygen atoms in total. The number of carbonyl (C=O) groups is 1. The van der Waals surface area contributed by atoms with Gasteiger partial charge in [-0.05, 0) is 23.8 Å². The molecule has 28 heavy (non-hydrogen) atoms. The van der Waals surface area contributed by atoms with Crippen LogP contribution in [0.1, 0.15) is 15.9 Å². The fourth-order valence-electron chi connectivity index (χ4n) is 2.84. The summed E-state index contributed by atoms with van der Waals surface area (Å²) in [6.45, 7) is 0.